The molecule has 0 aromatic heterocycles. The molecule has 0 aliphatic carbocycles. The Labute approximate surface area is 157 Å². The molecule has 0 fully saturated rings. The SMILES string of the molecule is CC1=NN(c2ccccc2)C(=O)C1C(=O)C=Cc1ccc2ccccc2c1. The van der Waals surface area contributed by atoms with Crippen molar-refractivity contribution in [2.24, 2.45) is 11.0 Å². The summed E-state index contributed by atoms with van der Waals surface area (Å²) in [4.78, 5) is 25.4. The van der Waals surface area contributed by atoms with Gasteiger partial charge in [0, 0.05) is 0 Å². The highest BCUT2D eigenvalue weighted by Gasteiger charge is 2.38. The van der Waals surface area contributed by atoms with Gasteiger partial charge in [0.1, 0.15) is 5.92 Å². The van der Waals surface area contributed by atoms with E-state index in [0.717, 1.165) is 16.3 Å². The monoisotopic (exact) mass is 354 g/mol. The number of carbonyl (C=O) groups is 2. The third-order valence-electron chi connectivity index (χ3n) is 4.63. The van der Waals surface area contributed by atoms with Crippen LogP contribution in [-0.4, -0.2) is 17.4 Å². The number of ketones is 1. The number of benzene rings is 3. The van der Waals surface area contributed by atoms with Crippen molar-refractivity contribution in [2.45, 2.75) is 6.92 Å². The highest BCUT2D eigenvalue weighted by molar-refractivity contribution is 6.29. The maximum Gasteiger partial charge on any atom is 0.264 e. The molecule has 0 bridgehead atoms. The molecule has 3 aromatic carbocycles. The molecule has 0 spiro atoms. The number of fused-ring (bicyclic) bond motifs is 1. The summed E-state index contributed by atoms with van der Waals surface area (Å²) in [6, 6.07) is 23.2. The van der Waals surface area contributed by atoms with Crippen LogP contribution in [-0.2, 0) is 9.59 Å². The van der Waals surface area contributed by atoms with E-state index in [0.29, 0.717) is 11.4 Å². The van der Waals surface area contributed by atoms with Crippen LogP contribution in [0, 0.1) is 5.92 Å². The second-order valence-corrected chi connectivity index (χ2v) is 6.50. The second kappa shape index (κ2) is 7.00. The minimum Gasteiger partial charge on any atom is -0.294 e. The lowest BCUT2D eigenvalue weighted by molar-refractivity contribution is -0.126. The van der Waals surface area contributed by atoms with E-state index in [-0.39, 0.29) is 11.7 Å². The minimum atomic E-state index is -0.859. The van der Waals surface area contributed by atoms with Crippen molar-refractivity contribution in [1.82, 2.24) is 0 Å². The fourth-order valence-electron chi connectivity index (χ4n) is 3.23. The fraction of sp³-hybridized carbons (Fsp3) is 0.0870. The number of hydrogen-bond donors (Lipinski definition) is 0. The van der Waals surface area contributed by atoms with Gasteiger partial charge in [-0.3, -0.25) is 9.59 Å². The van der Waals surface area contributed by atoms with Gasteiger partial charge in [0.15, 0.2) is 5.78 Å². The van der Waals surface area contributed by atoms with E-state index in [1.807, 2.05) is 60.7 Å². The van der Waals surface area contributed by atoms with Gasteiger partial charge in [-0.1, -0.05) is 60.7 Å². The summed E-state index contributed by atoms with van der Waals surface area (Å²) in [6.45, 7) is 1.72. The molecule has 1 heterocycles. The molecule has 132 valence electrons. The molecule has 0 N–H and O–H groups in total. The van der Waals surface area contributed by atoms with Crippen LogP contribution in [0.15, 0.2) is 84.0 Å². The first-order valence-corrected chi connectivity index (χ1v) is 8.78. The fourth-order valence-corrected chi connectivity index (χ4v) is 3.23. The smallest absolute Gasteiger partial charge is 0.264 e. The number of nitrogens with zero attached hydrogens (tertiary/aromatic N) is 2. The van der Waals surface area contributed by atoms with E-state index in [4.69, 9.17) is 0 Å². The van der Waals surface area contributed by atoms with E-state index in [1.54, 1.807) is 25.1 Å². The first-order chi connectivity index (χ1) is 13.1. The summed E-state index contributed by atoms with van der Waals surface area (Å²) in [6.07, 6.45) is 3.22. The Hall–Kier alpha value is -3.53. The number of allylic oxidation sites excluding steroid dienone is 1. The summed E-state index contributed by atoms with van der Waals surface area (Å²) in [7, 11) is 0. The van der Waals surface area contributed by atoms with Crippen molar-refractivity contribution in [1.29, 1.82) is 0 Å². The standard InChI is InChI=1S/C23H18N2O2/c1-16-22(23(27)25(24-16)20-9-3-2-4-10-20)21(26)14-12-17-11-13-18-7-5-6-8-19(18)15-17/h2-15,22H,1H3. The number of para-hydroxylation sites is 1. The average molecular weight is 354 g/mol. The Morgan fingerprint density at radius 1 is 0.963 bits per heavy atom. The van der Waals surface area contributed by atoms with Crippen LogP contribution in [0.25, 0.3) is 16.8 Å². The summed E-state index contributed by atoms with van der Waals surface area (Å²) in [5.41, 5.74) is 2.09. The van der Waals surface area contributed by atoms with Crippen LogP contribution < -0.4 is 5.01 Å². The normalized spacial score (nSPS) is 16.9. The van der Waals surface area contributed by atoms with Crippen molar-refractivity contribution < 1.29 is 9.59 Å². The molecule has 0 saturated carbocycles. The van der Waals surface area contributed by atoms with Crippen LogP contribution in [0.4, 0.5) is 5.69 Å². The third-order valence-corrected chi connectivity index (χ3v) is 4.63. The number of rotatable bonds is 4. The molecule has 4 nitrogen and oxygen atoms in total. The summed E-state index contributed by atoms with van der Waals surface area (Å²) in [5.74, 6) is -1.43. The van der Waals surface area contributed by atoms with E-state index in [1.165, 1.54) is 11.1 Å². The number of anilines is 1. The van der Waals surface area contributed by atoms with Crippen molar-refractivity contribution in [3.05, 3.63) is 84.4 Å². The highest BCUT2D eigenvalue weighted by atomic mass is 16.2. The van der Waals surface area contributed by atoms with Crippen molar-refractivity contribution in [3.8, 4) is 0 Å². The molecule has 1 aliphatic rings. The number of carbonyl (C=O) groups excluding carboxylic acids is 2. The molecule has 1 amide bonds. The van der Waals surface area contributed by atoms with Gasteiger partial charge < -0.3 is 0 Å². The maximum absolute atomic E-state index is 12.7. The molecular weight excluding hydrogens is 336 g/mol. The predicted molar refractivity (Wildman–Crippen MR) is 109 cm³/mol. The topological polar surface area (TPSA) is 49.7 Å². The van der Waals surface area contributed by atoms with Gasteiger partial charge in [-0.15, -0.1) is 0 Å². The Kier molecular flexibility index (Phi) is 4.38. The lowest BCUT2D eigenvalue weighted by Gasteiger charge is -2.12. The van der Waals surface area contributed by atoms with E-state index >= 15 is 0 Å². The molecule has 0 radical (unpaired) electrons. The minimum absolute atomic E-state index is 0.257. The van der Waals surface area contributed by atoms with Crippen LogP contribution in [0.5, 0.6) is 0 Å². The molecule has 27 heavy (non-hydrogen) atoms. The quantitative estimate of drug-likeness (QED) is 0.513. The summed E-state index contributed by atoms with van der Waals surface area (Å²) >= 11 is 0. The van der Waals surface area contributed by atoms with Gasteiger partial charge in [0.25, 0.3) is 5.91 Å². The van der Waals surface area contributed by atoms with E-state index in [9.17, 15) is 9.59 Å². The van der Waals surface area contributed by atoms with Gasteiger partial charge in [0.05, 0.1) is 11.4 Å². The molecule has 1 atom stereocenters. The van der Waals surface area contributed by atoms with E-state index in [2.05, 4.69) is 5.10 Å². The van der Waals surface area contributed by atoms with Crippen molar-refractivity contribution in [3.63, 3.8) is 0 Å². The molecular formula is C23H18N2O2. The Morgan fingerprint density at radius 3 is 2.44 bits per heavy atom. The highest BCUT2D eigenvalue weighted by Crippen LogP contribution is 2.25. The molecule has 4 heteroatoms. The van der Waals surface area contributed by atoms with Gasteiger partial charge in [-0.05, 0) is 47.5 Å². The van der Waals surface area contributed by atoms with Crippen LogP contribution in [0.1, 0.15) is 12.5 Å². The number of hydrazone groups is 1. The lowest BCUT2D eigenvalue weighted by atomic mass is 9.98. The molecule has 4 rings (SSSR count). The van der Waals surface area contributed by atoms with Crippen molar-refractivity contribution in [2.75, 3.05) is 5.01 Å². The Morgan fingerprint density at radius 2 is 1.67 bits per heavy atom. The second-order valence-electron chi connectivity index (χ2n) is 6.50. The first kappa shape index (κ1) is 16.9. The Balaban J connectivity index is 1.54. The predicted octanol–water partition coefficient (Wildman–Crippen LogP) is 4.46. The summed E-state index contributed by atoms with van der Waals surface area (Å²) in [5, 5.41) is 7.85. The Bertz CT molecular complexity index is 1080. The van der Waals surface area contributed by atoms with Gasteiger partial charge in [0.2, 0.25) is 0 Å². The number of amides is 1. The zero-order valence-corrected chi connectivity index (χ0v) is 14.9. The molecule has 1 unspecified atom stereocenters. The number of hydrogen-bond acceptors (Lipinski definition) is 3. The maximum atomic E-state index is 12.7. The van der Waals surface area contributed by atoms with Crippen LogP contribution in [0.2, 0.25) is 0 Å². The largest absolute Gasteiger partial charge is 0.294 e. The van der Waals surface area contributed by atoms with Crippen molar-refractivity contribution >= 4 is 39.9 Å². The molecule has 0 saturated heterocycles. The van der Waals surface area contributed by atoms with Gasteiger partial charge in [-0.25, -0.2) is 0 Å². The first-order valence-electron chi connectivity index (χ1n) is 8.78. The zero-order chi connectivity index (χ0) is 18.8. The van der Waals surface area contributed by atoms with Gasteiger partial charge >= 0.3 is 0 Å². The zero-order valence-electron chi connectivity index (χ0n) is 14.9. The summed E-state index contributed by atoms with van der Waals surface area (Å²) < 4.78 is 0. The van der Waals surface area contributed by atoms with Crippen LogP contribution in [0.3, 0.4) is 0 Å². The average Bonchev–Trinajstić information content (AvgIpc) is 3.01. The lowest BCUT2D eigenvalue weighted by Crippen LogP contribution is -2.31. The molecule has 3 aromatic rings. The van der Waals surface area contributed by atoms with Crippen LogP contribution >= 0.6 is 0 Å². The molecule has 1 aliphatic heterocycles. The van der Waals surface area contributed by atoms with E-state index < -0.39 is 5.92 Å². The third kappa shape index (κ3) is 3.29. The van der Waals surface area contributed by atoms with Gasteiger partial charge in [-0.2, -0.15) is 10.1 Å².